The lowest BCUT2D eigenvalue weighted by Crippen LogP contribution is -2.32. The van der Waals surface area contributed by atoms with Crippen molar-refractivity contribution in [2.75, 3.05) is 7.11 Å². The van der Waals surface area contributed by atoms with Gasteiger partial charge in [-0.15, -0.1) is 0 Å². The van der Waals surface area contributed by atoms with E-state index in [2.05, 4.69) is 15.3 Å². The van der Waals surface area contributed by atoms with Gasteiger partial charge in [0, 0.05) is 5.70 Å². The van der Waals surface area contributed by atoms with Gasteiger partial charge in [-0.25, -0.2) is 14.2 Å². The number of allylic oxidation sites excluding steroid dienone is 1. The molecule has 2 aromatic rings. The van der Waals surface area contributed by atoms with Gasteiger partial charge in [-0.05, 0) is 24.6 Å². The number of aliphatic imine (C=N–C) groups is 1. The molecule has 3 rings (SSSR count). The quantitative estimate of drug-likeness (QED) is 0.846. The Kier molecular flexibility index (Phi) is 4.64. The smallest absolute Gasteiger partial charge is 0.338 e. The summed E-state index contributed by atoms with van der Waals surface area (Å²) in [6, 6.07) is 5.26. The summed E-state index contributed by atoms with van der Waals surface area (Å²) in [4.78, 5) is 21.5. The molecule has 1 aromatic carbocycles. The van der Waals surface area contributed by atoms with Gasteiger partial charge >= 0.3 is 5.97 Å². The second-order valence-corrected chi connectivity index (χ2v) is 6.68. The first-order valence-corrected chi connectivity index (χ1v) is 8.20. The Morgan fingerprint density at radius 3 is 2.67 bits per heavy atom. The maximum absolute atomic E-state index is 13.2. The van der Waals surface area contributed by atoms with Crippen molar-refractivity contribution in [1.29, 1.82) is 0 Å². The van der Waals surface area contributed by atoms with Crippen LogP contribution < -0.4 is 5.32 Å². The van der Waals surface area contributed by atoms with Crippen molar-refractivity contribution >= 4 is 34.7 Å². The Balaban J connectivity index is 2.08. The van der Waals surface area contributed by atoms with Gasteiger partial charge in [-0.1, -0.05) is 35.1 Å². The lowest BCUT2D eigenvalue weighted by molar-refractivity contribution is -0.136. The Hall–Kier alpha value is -2.25. The van der Waals surface area contributed by atoms with E-state index in [4.69, 9.17) is 16.3 Å². The number of hydrogen-bond donors (Lipinski definition) is 1. The first kappa shape index (κ1) is 16.6. The van der Waals surface area contributed by atoms with Crippen LogP contribution in [-0.4, -0.2) is 23.9 Å². The fourth-order valence-corrected chi connectivity index (χ4v) is 3.32. The largest absolute Gasteiger partial charge is 0.466 e. The molecule has 124 valence electrons. The molecule has 5 nitrogen and oxygen atoms in total. The predicted octanol–water partition coefficient (Wildman–Crippen LogP) is 3.47. The summed E-state index contributed by atoms with van der Waals surface area (Å²) in [6.07, 6.45) is 1.61. The van der Waals surface area contributed by atoms with Gasteiger partial charge in [-0.2, -0.15) is 0 Å². The van der Waals surface area contributed by atoms with Crippen LogP contribution in [0.15, 0.2) is 46.7 Å². The molecule has 0 spiro atoms. The number of amidine groups is 1. The van der Waals surface area contributed by atoms with Crippen LogP contribution in [0.25, 0.3) is 0 Å². The van der Waals surface area contributed by atoms with E-state index in [1.165, 1.54) is 30.6 Å². The number of ether oxygens (including phenoxy) is 1. The van der Waals surface area contributed by atoms with Gasteiger partial charge in [0.1, 0.15) is 17.7 Å². The van der Waals surface area contributed by atoms with Crippen molar-refractivity contribution in [3.8, 4) is 0 Å². The number of methoxy groups -OCH3 is 1. The highest BCUT2D eigenvalue weighted by molar-refractivity contribution is 7.17. The zero-order chi connectivity index (χ0) is 17.3. The minimum atomic E-state index is -0.602. The zero-order valence-electron chi connectivity index (χ0n) is 12.8. The summed E-state index contributed by atoms with van der Waals surface area (Å²) in [5.41, 5.74) is 1.68. The molecule has 0 bridgehead atoms. The van der Waals surface area contributed by atoms with E-state index < -0.39 is 12.0 Å². The van der Waals surface area contributed by atoms with Gasteiger partial charge in [0.05, 0.1) is 23.8 Å². The number of carbonyl (C=O) groups excluding carboxylic acids is 1. The first-order valence-electron chi connectivity index (χ1n) is 7.00. The second-order valence-electron chi connectivity index (χ2n) is 5.06. The zero-order valence-corrected chi connectivity index (χ0v) is 14.4. The van der Waals surface area contributed by atoms with E-state index in [0.29, 0.717) is 27.1 Å². The van der Waals surface area contributed by atoms with Crippen LogP contribution in [-0.2, 0) is 9.53 Å². The van der Waals surface area contributed by atoms with Crippen molar-refractivity contribution in [3.63, 3.8) is 0 Å². The highest BCUT2D eigenvalue weighted by Crippen LogP contribution is 2.33. The standard InChI is InChI=1S/C16H13ClFN3O2S/c1-8-12(15(22)23-2)13(9-3-5-10(18)6-4-9)21-14(20-8)11-7-19-16(17)24-11/h3-7,13H,1-2H3,(H,20,21)/t13-/m0/s1. The third kappa shape index (κ3) is 3.18. The van der Waals surface area contributed by atoms with Crippen LogP contribution in [0.5, 0.6) is 0 Å². The molecule has 0 saturated heterocycles. The van der Waals surface area contributed by atoms with Crippen molar-refractivity contribution < 1.29 is 13.9 Å². The molecule has 24 heavy (non-hydrogen) atoms. The first-order chi connectivity index (χ1) is 11.5. The van der Waals surface area contributed by atoms with Crippen molar-refractivity contribution in [1.82, 2.24) is 10.3 Å². The highest BCUT2D eigenvalue weighted by Gasteiger charge is 2.30. The van der Waals surface area contributed by atoms with Crippen LogP contribution >= 0.6 is 22.9 Å². The molecule has 0 amide bonds. The number of aromatic nitrogens is 1. The van der Waals surface area contributed by atoms with Crippen LogP contribution in [0.3, 0.4) is 0 Å². The predicted molar refractivity (Wildman–Crippen MR) is 90.7 cm³/mol. The second kappa shape index (κ2) is 6.70. The molecule has 8 heteroatoms. The summed E-state index contributed by atoms with van der Waals surface area (Å²) in [5.74, 6) is -0.287. The summed E-state index contributed by atoms with van der Waals surface area (Å²) in [7, 11) is 1.31. The average molecular weight is 366 g/mol. The SMILES string of the molecule is COC(=O)C1=C(C)NC(c2cnc(Cl)s2)=N[C@H]1c1ccc(F)cc1. The number of esters is 1. The maximum Gasteiger partial charge on any atom is 0.338 e. The van der Waals surface area contributed by atoms with Crippen molar-refractivity contribution in [2.24, 2.45) is 4.99 Å². The van der Waals surface area contributed by atoms with E-state index in [0.717, 1.165) is 4.88 Å². The normalized spacial score (nSPS) is 17.3. The van der Waals surface area contributed by atoms with E-state index in [9.17, 15) is 9.18 Å². The van der Waals surface area contributed by atoms with Gasteiger partial charge in [0.15, 0.2) is 4.47 Å². The number of nitrogens with zero attached hydrogens (tertiary/aromatic N) is 2. The fraction of sp³-hybridized carbons (Fsp3) is 0.188. The molecule has 1 atom stereocenters. The number of hydrogen-bond acceptors (Lipinski definition) is 6. The minimum absolute atomic E-state index is 0.355. The summed E-state index contributed by atoms with van der Waals surface area (Å²) in [6.45, 7) is 1.76. The molecule has 1 aromatic heterocycles. The van der Waals surface area contributed by atoms with E-state index in [-0.39, 0.29) is 5.82 Å². The van der Waals surface area contributed by atoms with Gasteiger partial charge in [-0.3, -0.25) is 4.99 Å². The number of rotatable bonds is 3. The highest BCUT2D eigenvalue weighted by atomic mass is 35.5. The third-order valence-electron chi connectivity index (χ3n) is 3.54. The maximum atomic E-state index is 13.2. The van der Waals surface area contributed by atoms with Gasteiger partial charge in [0.2, 0.25) is 0 Å². The molecule has 0 aliphatic carbocycles. The minimum Gasteiger partial charge on any atom is -0.466 e. The molecular formula is C16H13ClFN3O2S. The molecular weight excluding hydrogens is 353 g/mol. The molecule has 1 aliphatic rings. The fourth-order valence-electron chi connectivity index (χ4n) is 2.42. The monoisotopic (exact) mass is 365 g/mol. The topological polar surface area (TPSA) is 63.6 Å². The number of halogens is 2. The number of thiazole rings is 1. The molecule has 0 fully saturated rings. The summed E-state index contributed by atoms with van der Waals surface area (Å²) in [5, 5.41) is 3.09. The molecule has 1 N–H and O–H groups in total. The number of nitrogens with one attached hydrogen (secondary N) is 1. The number of benzene rings is 1. The molecule has 2 heterocycles. The lowest BCUT2D eigenvalue weighted by Gasteiger charge is -2.25. The van der Waals surface area contributed by atoms with Crippen LogP contribution in [0.1, 0.15) is 23.4 Å². The van der Waals surface area contributed by atoms with Crippen molar-refractivity contribution in [2.45, 2.75) is 13.0 Å². The van der Waals surface area contributed by atoms with Gasteiger partial charge < -0.3 is 10.1 Å². The van der Waals surface area contributed by atoms with Crippen LogP contribution in [0.4, 0.5) is 4.39 Å². The lowest BCUT2D eigenvalue weighted by atomic mass is 9.96. The molecule has 0 radical (unpaired) electrons. The Bertz CT molecular complexity index is 845. The van der Waals surface area contributed by atoms with E-state index in [1.54, 1.807) is 25.3 Å². The molecule has 0 unspecified atom stereocenters. The average Bonchev–Trinajstić information content (AvgIpc) is 3.00. The Labute approximate surface area is 146 Å². The van der Waals surface area contributed by atoms with E-state index in [1.807, 2.05) is 0 Å². The third-order valence-corrected chi connectivity index (χ3v) is 4.67. The van der Waals surface area contributed by atoms with E-state index >= 15 is 0 Å². The number of carbonyl (C=O) groups is 1. The summed E-state index contributed by atoms with van der Waals surface area (Å²) >= 11 is 7.16. The summed E-state index contributed by atoms with van der Waals surface area (Å²) < 4.78 is 18.5. The molecule has 1 aliphatic heterocycles. The Morgan fingerprint density at radius 2 is 2.08 bits per heavy atom. The Morgan fingerprint density at radius 1 is 1.38 bits per heavy atom. The molecule has 0 saturated carbocycles. The van der Waals surface area contributed by atoms with Gasteiger partial charge in [0.25, 0.3) is 0 Å². The van der Waals surface area contributed by atoms with Crippen LogP contribution in [0, 0.1) is 5.82 Å². The van der Waals surface area contributed by atoms with Crippen molar-refractivity contribution in [3.05, 3.63) is 62.5 Å². The van der Waals surface area contributed by atoms with Crippen LogP contribution in [0.2, 0.25) is 4.47 Å².